The number of thioether (sulfide) groups is 1. The predicted molar refractivity (Wildman–Crippen MR) is 119 cm³/mol. The normalized spacial score (nSPS) is 15.9. The van der Waals surface area contributed by atoms with Crippen LogP contribution < -0.4 is 10.2 Å². The Balaban J connectivity index is 1.66. The van der Waals surface area contributed by atoms with E-state index in [9.17, 15) is 4.79 Å². The van der Waals surface area contributed by atoms with Crippen LogP contribution in [0.25, 0.3) is 0 Å². The van der Waals surface area contributed by atoms with E-state index in [-0.39, 0.29) is 11.9 Å². The van der Waals surface area contributed by atoms with Crippen molar-refractivity contribution in [1.29, 1.82) is 0 Å². The van der Waals surface area contributed by atoms with Gasteiger partial charge in [-0.05, 0) is 23.3 Å². The lowest BCUT2D eigenvalue weighted by Crippen LogP contribution is -2.38. The van der Waals surface area contributed by atoms with Gasteiger partial charge in [-0.15, -0.1) is 21.5 Å². The van der Waals surface area contributed by atoms with Gasteiger partial charge in [-0.25, -0.2) is 0 Å². The molecule has 0 aromatic carbocycles. The first-order valence-corrected chi connectivity index (χ1v) is 12.0. The summed E-state index contributed by atoms with van der Waals surface area (Å²) in [6.07, 6.45) is 0. The SMILES string of the molecule is CC(C)Cn1c(SCC(=O)N[C@@H](c2cccs2)C(C)C)nnc1N1CCOCC1. The maximum Gasteiger partial charge on any atom is 0.230 e. The molecule has 1 atom stereocenters. The number of ether oxygens (including phenoxy) is 1. The Labute approximate surface area is 181 Å². The summed E-state index contributed by atoms with van der Waals surface area (Å²) in [5, 5.41) is 14.9. The molecule has 160 valence electrons. The van der Waals surface area contributed by atoms with Crippen LogP contribution in [0.4, 0.5) is 5.95 Å². The minimum Gasteiger partial charge on any atom is -0.378 e. The number of thiophene rings is 1. The first-order chi connectivity index (χ1) is 14.0. The van der Waals surface area contributed by atoms with Gasteiger partial charge in [0.05, 0.1) is 25.0 Å². The van der Waals surface area contributed by atoms with Crippen LogP contribution in [0.15, 0.2) is 22.7 Å². The number of aromatic nitrogens is 3. The highest BCUT2D eigenvalue weighted by Crippen LogP contribution is 2.27. The first kappa shape index (κ1) is 22.1. The molecule has 2 aromatic rings. The van der Waals surface area contributed by atoms with Gasteiger partial charge >= 0.3 is 0 Å². The molecule has 0 radical (unpaired) electrons. The van der Waals surface area contributed by atoms with E-state index in [2.05, 4.69) is 58.7 Å². The Morgan fingerprint density at radius 2 is 2.03 bits per heavy atom. The van der Waals surface area contributed by atoms with Crippen LogP contribution in [-0.4, -0.2) is 52.7 Å². The van der Waals surface area contributed by atoms with Crippen molar-refractivity contribution < 1.29 is 9.53 Å². The van der Waals surface area contributed by atoms with Crippen LogP contribution in [0.5, 0.6) is 0 Å². The standard InChI is InChI=1S/C20H31N5O2S2/c1-14(2)12-25-19(24-7-9-27-10-8-24)22-23-20(25)29-13-17(26)21-18(15(3)4)16-6-5-11-28-16/h5-6,11,14-15,18H,7-10,12-13H2,1-4H3,(H,21,26)/t18-/m1/s1. The Bertz CT molecular complexity index is 770. The molecule has 0 saturated carbocycles. The van der Waals surface area contributed by atoms with Crippen LogP contribution in [0.2, 0.25) is 0 Å². The fourth-order valence-electron chi connectivity index (χ4n) is 3.29. The number of anilines is 1. The molecule has 1 aliphatic rings. The van der Waals surface area contributed by atoms with Gasteiger partial charge in [0.25, 0.3) is 0 Å². The number of hydrogen-bond donors (Lipinski definition) is 1. The highest BCUT2D eigenvalue weighted by Gasteiger charge is 2.23. The van der Waals surface area contributed by atoms with E-state index < -0.39 is 0 Å². The highest BCUT2D eigenvalue weighted by molar-refractivity contribution is 7.99. The number of hydrogen-bond acceptors (Lipinski definition) is 7. The zero-order chi connectivity index (χ0) is 20.8. The number of amides is 1. The average Bonchev–Trinajstić information content (AvgIpc) is 3.35. The second-order valence-electron chi connectivity index (χ2n) is 7.98. The molecule has 7 nitrogen and oxygen atoms in total. The fraction of sp³-hybridized carbons (Fsp3) is 0.650. The third-order valence-corrected chi connectivity index (χ3v) is 6.63. The van der Waals surface area contributed by atoms with Crippen molar-refractivity contribution in [2.24, 2.45) is 11.8 Å². The Morgan fingerprint density at radius 1 is 1.28 bits per heavy atom. The molecule has 1 saturated heterocycles. The molecule has 1 amide bonds. The number of morpholine rings is 1. The molecule has 0 spiro atoms. The largest absolute Gasteiger partial charge is 0.378 e. The maximum absolute atomic E-state index is 12.7. The smallest absolute Gasteiger partial charge is 0.230 e. The number of carbonyl (C=O) groups excluding carboxylic acids is 1. The molecule has 3 heterocycles. The number of carbonyl (C=O) groups is 1. The van der Waals surface area contributed by atoms with E-state index in [0.29, 0.717) is 30.8 Å². The van der Waals surface area contributed by atoms with Crippen LogP contribution in [-0.2, 0) is 16.1 Å². The van der Waals surface area contributed by atoms with E-state index in [1.165, 1.54) is 16.6 Å². The van der Waals surface area contributed by atoms with Crippen LogP contribution in [0.1, 0.15) is 38.6 Å². The summed E-state index contributed by atoms with van der Waals surface area (Å²) in [7, 11) is 0. The summed E-state index contributed by atoms with van der Waals surface area (Å²) in [6.45, 7) is 12.5. The summed E-state index contributed by atoms with van der Waals surface area (Å²) in [6, 6.07) is 4.15. The van der Waals surface area contributed by atoms with Crippen molar-refractivity contribution >= 4 is 35.0 Å². The van der Waals surface area contributed by atoms with Crippen molar-refractivity contribution in [3.05, 3.63) is 22.4 Å². The summed E-state index contributed by atoms with van der Waals surface area (Å²) in [4.78, 5) is 16.1. The molecule has 0 bridgehead atoms. The topological polar surface area (TPSA) is 72.3 Å². The molecular formula is C20H31N5O2S2. The monoisotopic (exact) mass is 437 g/mol. The summed E-state index contributed by atoms with van der Waals surface area (Å²) in [5.74, 6) is 2.02. The molecule has 29 heavy (non-hydrogen) atoms. The fourth-order valence-corrected chi connectivity index (χ4v) is 4.99. The summed E-state index contributed by atoms with van der Waals surface area (Å²) >= 11 is 3.14. The van der Waals surface area contributed by atoms with Gasteiger partial charge in [-0.2, -0.15) is 0 Å². The second kappa shape index (κ2) is 10.4. The second-order valence-corrected chi connectivity index (χ2v) is 9.90. The minimum absolute atomic E-state index is 0.0223. The maximum atomic E-state index is 12.7. The minimum atomic E-state index is 0.0223. The summed E-state index contributed by atoms with van der Waals surface area (Å²) < 4.78 is 7.60. The Hall–Kier alpha value is -1.58. The van der Waals surface area contributed by atoms with Crippen LogP contribution in [0.3, 0.4) is 0 Å². The lowest BCUT2D eigenvalue weighted by molar-refractivity contribution is -0.119. The van der Waals surface area contributed by atoms with E-state index in [4.69, 9.17) is 4.74 Å². The lowest BCUT2D eigenvalue weighted by atomic mass is 10.0. The molecule has 1 N–H and O–H groups in total. The Morgan fingerprint density at radius 3 is 2.66 bits per heavy atom. The molecule has 0 unspecified atom stereocenters. The van der Waals surface area contributed by atoms with Crippen molar-refractivity contribution in [3.63, 3.8) is 0 Å². The zero-order valence-electron chi connectivity index (χ0n) is 17.6. The quantitative estimate of drug-likeness (QED) is 0.606. The van der Waals surface area contributed by atoms with Crippen molar-refractivity contribution in [2.75, 3.05) is 37.0 Å². The van der Waals surface area contributed by atoms with Crippen LogP contribution in [0, 0.1) is 11.8 Å². The average molecular weight is 438 g/mol. The van der Waals surface area contributed by atoms with E-state index in [1.54, 1.807) is 11.3 Å². The van der Waals surface area contributed by atoms with Crippen molar-refractivity contribution in [3.8, 4) is 0 Å². The summed E-state index contributed by atoms with van der Waals surface area (Å²) in [5.41, 5.74) is 0. The molecular weight excluding hydrogens is 406 g/mol. The van der Waals surface area contributed by atoms with E-state index >= 15 is 0 Å². The molecule has 9 heteroatoms. The van der Waals surface area contributed by atoms with Crippen molar-refractivity contribution in [2.45, 2.75) is 45.4 Å². The molecule has 2 aromatic heterocycles. The van der Waals surface area contributed by atoms with Crippen molar-refractivity contribution in [1.82, 2.24) is 20.1 Å². The first-order valence-electron chi connectivity index (χ1n) is 10.2. The van der Waals surface area contributed by atoms with Crippen LogP contribution >= 0.6 is 23.1 Å². The van der Waals surface area contributed by atoms with Gasteiger partial charge in [0.15, 0.2) is 5.16 Å². The van der Waals surface area contributed by atoms with Gasteiger partial charge in [0.2, 0.25) is 11.9 Å². The Kier molecular flexibility index (Phi) is 7.97. The lowest BCUT2D eigenvalue weighted by Gasteiger charge is -2.28. The zero-order valence-corrected chi connectivity index (χ0v) is 19.3. The van der Waals surface area contributed by atoms with Gasteiger partial charge in [0.1, 0.15) is 0 Å². The third kappa shape index (κ3) is 5.96. The van der Waals surface area contributed by atoms with Gasteiger partial charge in [-0.1, -0.05) is 45.5 Å². The predicted octanol–water partition coefficient (Wildman–Crippen LogP) is 3.44. The molecule has 0 aliphatic carbocycles. The number of nitrogens with one attached hydrogen (secondary N) is 1. The van der Waals surface area contributed by atoms with Gasteiger partial charge in [-0.3, -0.25) is 9.36 Å². The van der Waals surface area contributed by atoms with E-state index in [1.807, 2.05) is 11.4 Å². The van der Waals surface area contributed by atoms with Gasteiger partial charge in [0, 0.05) is 24.5 Å². The molecule has 3 rings (SSSR count). The van der Waals surface area contributed by atoms with E-state index in [0.717, 1.165) is 30.7 Å². The van der Waals surface area contributed by atoms with Gasteiger partial charge < -0.3 is 15.0 Å². The number of nitrogens with zero attached hydrogens (tertiary/aromatic N) is 4. The molecule has 1 fully saturated rings. The number of rotatable bonds is 9. The third-order valence-electron chi connectivity index (χ3n) is 4.70. The highest BCUT2D eigenvalue weighted by atomic mass is 32.2. The molecule has 1 aliphatic heterocycles.